The van der Waals surface area contributed by atoms with E-state index in [-0.39, 0.29) is 16.1 Å². The number of nitrogens with zero attached hydrogens (tertiary/aromatic N) is 2. The molecule has 20 heavy (non-hydrogen) atoms. The lowest BCUT2D eigenvalue weighted by atomic mass is 10.1. The number of likely N-dealkylation sites (N-methyl/N-ethyl adjacent to an activating group) is 1. The van der Waals surface area contributed by atoms with Gasteiger partial charge in [-0.15, -0.1) is 0 Å². The van der Waals surface area contributed by atoms with Gasteiger partial charge in [0.25, 0.3) is 5.56 Å². The van der Waals surface area contributed by atoms with Gasteiger partial charge in [0.15, 0.2) is 0 Å². The van der Waals surface area contributed by atoms with Crippen molar-refractivity contribution >= 4 is 28.5 Å². The maximum atomic E-state index is 12.0. The van der Waals surface area contributed by atoms with E-state index in [1.165, 1.54) is 18.2 Å². The van der Waals surface area contributed by atoms with Crippen LogP contribution in [0.3, 0.4) is 0 Å². The van der Waals surface area contributed by atoms with Crippen molar-refractivity contribution in [2.24, 2.45) is 0 Å². The molecular formula is C14H15ClN2O3. The Morgan fingerprint density at radius 3 is 2.65 bits per heavy atom. The molecule has 6 heteroatoms. The van der Waals surface area contributed by atoms with Gasteiger partial charge in [0.05, 0.1) is 16.1 Å². The number of fused-ring (bicyclic) bond motifs is 1. The predicted octanol–water partition coefficient (Wildman–Crippen LogP) is 1.91. The number of aromatic carboxylic acids is 1. The summed E-state index contributed by atoms with van der Waals surface area (Å²) in [4.78, 5) is 25.0. The number of carbonyl (C=O) groups is 1. The van der Waals surface area contributed by atoms with E-state index in [1.54, 1.807) is 10.6 Å². The van der Waals surface area contributed by atoms with E-state index in [2.05, 4.69) is 0 Å². The molecule has 1 N–H and O–H groups in total. The van der Waals surface area contributed by atoms with Crippen molar-refractivity contribution in [3.63, 3.8) is 0 Å². The first-order valence-corrected chi connectivity index (χ1v) is 6.49. The number of pyridine rings is 1. The summed E-state index contributed by atoms with van der Waals surface area (Å²) in [6, 6.07) is 5.93. The minimum absolute atomic E-state index is 0.111. The van der Waals surface area contributed by atoms with Gasteiger partial charge < -0.3 is 14.6 Å². The Hall–Kier alpha value is -1.85. The van der Waals surface area contributed by atoms with Crippen LogP contribution in [0.5, 0.6) is 0 Å². The Balaban J connectivity index is 2.65. The van der Waals surface area contributed by atoms with E-state index in [0.29, 0.717) is 24.0 Å². The molecule has 0 saturated heterocycles. The lowest BCUT2D eigenvalue weighted by molar-refractivity contribution is 0.0697. The molecule has 0 aliphatic carbocycles. The molecule has 106 valence electrons. The Kier molecular flexibility index (Phi) is 4.11. The molecular weight excluding hydrogens is 280 g/mol. The van der Waals surface area contributed by atoms with Crippen LogP contribution in [0.15, 0.2) is 29.1 Å². The summed E-state index contributed by atoms with van der Waals surface area (Å²) in [5, 5.41) is 9.96. The molecule has 2 aromatic rings. The predicted molar refractivity (Wildman–Crippen MR) is 78.7 cm³/mol. The second kappa shape index (κ2) is 5.64. The van der Waals surface area contributed by atoms with Crippen molar-refractivity contribution in [1.29, 1.82) is 0 Å². The zero-order valence-electron chi connectivity index (χ0n) is 11.3. The number of carboxylic acid groups (broad SMARTS) is 1. The van der Waals surface area contributed by atoms with Crippen molar-refractivity contribution in [1.82, 2.24) is 9.47 Å². The van der Waals surface area contributed by atoms with Crippen molar-refractivity contribution in [2.45, 2.75) is 6.54 Å². The molecule has 1 heterocycles. The average Bonchev–Trinajstić information content (AvgIpc) is 2.37. The Labute approximate surface area is 121 Å². The summed E-state index contributed by atoms with van der Waals surface area (Å²) >= 11 is 6.16. The fourth-order valence-electron chi connectivity index (χ4n) is 2.04. The molecule has 0 aliphatic rings. The summed E-state index contributed by atoms with van der Waals surface area (Å²) in [5.41, 5.74) is 0.538. The number of aromatic nitrogens is 1. The first kappa shape index (κ1) is 14.6. The molecule has 0 fully saturated rings. The Morgan fingerprint density at radius 1 is 1.35 bits per heavy atom. The fraction of sp³-hybridized carbons (Fsp3) is 0.286. The summed E-state index contributed by atoms with van der Waals surface area (Å²) in [7, 11) is 3.83. The number of halogens is 1. The van der Waals surface area contributed by atoms with Gasteiger partial charge >= 0.3 is 5.97 Å². The number of rotatable bonds is 4. The average molecular weight is 295 g/mol. The second-order valence-corrected chi connectivity index (χ2v) is 5.23. The van der Waals surface area contributed by atoms with Gasteiger partial charge in [0, 0.05) is 24.5 Å². The maximum Gasteiger partial charge on any atom is 0.335 e. The van der Waals surface area contributed by atoms with Crippen LogP contribution in [0.4, 0.5) is 0 Å². The lowest BCUT2D eigenvalue weighted by Gasteiger charge is -2.15. The minimum Gasteiger partial charge on any atom is -0.478 e. The highest BCUT2D eigenvalue weighted by molar-refractivity contribution is 6.35. The quantitative estimate of drug-likeness (QED) is 0.936. The molecule has 0 aliphatic heterocycles. The van der Waals surface area contributed by atoms with E-state index in [1.807, 2.05) is 19.0 Å². The van der Waals surface area contributed by atoms with Gasteiger partial charge in [-0.25, -0.2) is 4.79 Å². The number of hydrogen-bond acceptors (Lipinski definition) is 3. The molecule has 2 rings (SSSR count). The van der Waals surface area contributed by atoms with Crippen LogP contribution in [0.25, 0.3) is 10.9 Å². The SMILES string of the molecule is CN(C)CCn1c(=O)ccc2cc(C(=O)O)cc(Cl)c21. The molecule has 0 saturated carbocycles. The third-order valence-corrected chi connectivity index (χ3v) is 3.34. The van der Waals surface area contributed by atoms with Gasteiger partial charge in [-0.1, -0.05) is 11.6 Å². The molecule has 1 aromatic carbocycles. The molecule has 0 spiro atoms. The zero-order valence-corrected chi connectivity index (χ0v) is 12.0. The largest absolute Gasteiger partial charge is 0.478 e. The highest BCUT2D eigenvalue weighted by Crippen LogP contribution is 2.24. The molecule has 0 radical (unpaired) electrons. The molecule has 5 nitrogen and oxygen atoms in total. The number of hydrogen-bond donors (Lipinski definition) is 1. The maximum absolute atomic E-state index is 12.0. The van der Waals surface area contributed by atoms with Gasteiger partial charge in [-0.2, -0.15) is 0 Å². The summed E-state index contributed by atoms with van der Waals surface area (Å²) in [6.07, 6.45) is 0. The van der Waals surface area contributed by atoms with E-state index >= 15 is 0 Å². The standard InChI is InChI=1S/C14H15ClN2O3/c1-16(2)5-6-17-12(18)4-3-9-7-10(14(19)20)8-11(15)13(9)17/h3-4,7-8H,5-6H2,1-2H3,(H,19,20). The molecule has 0 unspecified atom stereocenters. The normalized spacial score (nSPS) is 11.2. The third kappa shape index (κ3) is 2.84. The smallest absolute Gasteiger partial charge is 0.335 e. The second-order valence-electron chi connectivity index (χ2n) is 4.83. The Bertz CT molecular complexity index is 722. The van der Waals surface area contributed by atoms with Crippen LogP contribution >= 0.6 is 11.6 Å². The Morgan fingerprint density at radius 2 is 2.05 bits per heavy atom. The number of carboxylic acids is 1. The van der Waals surface area contributed by atoms with Crippen molar-refractivity contribution < 1.29 is 9.90 Å². The summed E-state index contributed by atoms with van der Waals surface area (Å²) in [5.74, 6) is -1.04. The zero-order chi connectivity index (χ0) is 14.9. The van der Waals surface area contributed by atoms with Crippen molar-refractivity contribution in [3.05, 3.63) is 45.2 Å². The van der Waals surface area contributed by atoms with Crippen LogP contribution in [0, 0.1) is 0 Å². The van der Waals surface area contributed by atoms with Gasteiger partial charge in [-0.3, -0.25) is 4.79 Å². The first-order valence-electron chi connectivity index (χ1n) is 6.11. The van der Waals surface area contributed by atoms with Gasteiger partial charge in [-0.05, 0) is 32.3 Å². The van der Waals surface area contributed by atoms with E-state index < -0.39 is 5.97 Å². The van der Waals surface area contributed by atoms with Gasteiger partial charge in [0.1, 0.15) is 0 Å². The van der Waals surface area contributed by atoms with Crippen LogP contribution in [-0.2, 0) is 6.54 Å². The fourth-order valence-corrected chi connectivity index (χ4v) is 2.37. The van der Waals surface area contributed by atoms with Crippen LogP contribution in [0.2, 0.25) is 5.02 Å². The van der Waals surface area contributed by atoms with E-state index in [9.17, 15) is 9.59 Å². The highest BCUT2D eigenvalue weighted by Gasteiger charge is 2.12. The van der Waals surface area contributed by atoms with Crippen molar-refractivity contribution in [3.8, 4) is 0 Å². The first-order chi connectivity index (χ1) is 9.40. The summed E-state index contributed by atoms with van der Waals surface area (Å²) < 4.78 is 1.57. The topological polar surface area (TPSA) is 62.5 Å². The van der Waals surface area contributed by atoms with E-state index in [0.717, 1.165) is 0 Å². The lowest BCUT2D eigenvalue weighted by Crippen LogP contribution is -2.26. The van der Waals surface area contributed by atoms with Crippen LogP contribution in [0.1, 0.15) is 10.4 Å². The van der Waals surface area contributed by atoms with Gasteiger partial charge in [0.2, 0.25) is 0 Å². The van der Waals surface area contributed by atoms with Crippen LogP contribution < -0.4 is 5.56 Å². The molecule has 1 aromatic heterocycles. The van der Waals surface area contributed by atoms with E-state index in [4.69, 9.17) is 16.7 Å². The highest BCUT2D eigenvalue weighted by atomic mass is 35.5. The van der Waals surface area contributed by atoms with Crippen molar-refractivity contribution in [2.75, 3.05) is 20.6 Å². The molecule has 0 bridgehead atoms. The van der Waals surface area contributed by atoms with Crippen LogP contribution in [-0.4, -0.2) is 41.2 Å². The third-order valence-electron chi connectivity index (χ3n) is 3.05. The molecule has 0 amide bonds. The monoisotopic (exact) mass is 294 g/mol. The molecule has 0 atom stereocenters. The minimum atomic E-state index is -1.04. The number of benzene rings is 1. The summed E-state index contributed by atoms with van der Waals surface area (Å²) in [6.45, 7) is 1.19.